The third-order valence-corrected chi connectivity index (χ3v) is 5.53. The molecule has 0 fully saturated rings. The molecule has 2 aromatic carbocycles. The van der Waals surface area contributed by atoms with E-state index in [1.165, 1.54) is 28.9 Å². The van der Waals surface area contributed by atoms with Crippen LogP contribution in [-0.2, 0) is 9.84 Å². The fourth-order valence-corrected chi connectivity index (χ4v) is 3.56. The molecule has 0 spiro atoms. The van der Waals surface area contributed by atoms with Gasteiger partial charge in [0.15, 0.2) is 15.5 Å². The Labute approximate surface area is 165 Å². The zero-order chi connectivity index (χ0) is 19.9. The molecule has 0 saturated carbocycles. The fraction of sp³-hybridized carbons (Fsp3) is 0.0526. The number of benzene rings is 2. The van der Waals surface area contributed by atoms with Crippen molar-refractivity contribution in [3.8, 4) is 11.3 Å². The Morgan fingerprint density at radius 1 is 1.11 bits per heavy atom. The number of nitrogens with one attached hydrogen (secondary N) is 1. The van der Waals surface area contributed by atoms with E-state index in [0.29, 0.717) is 33.4 Å². The van der Waals surface area contributed by atoms with Gasteiger partial charge in [0, 0.05) is 23.6 Å². The van der Waals surface area contributed by atoms with Crippen LogP contribution in [0.4, 0.5) is 15.9 Å². The Hall–Kier alpha value is -2.97. The zero-order valence-electron chi connectivity index (χ0n) is 14.6. The molecule has 0 amide bonds. The van der Waals surface area contributed by atoms with Crippen LogP contribution in [0.2, 0.25) is 5.02 Å². The Kier molecular flexibility index (Phi) is 4.52. The van der Waals surface area contributed by atoms with E-state index >= 15 is 0 Å². The van der Waals surface area contributed by atoms with Gasteiger partial charge in [-0.15, -0.1) is 0 Å². The number of rotatable bonds is 4. The summed E-state index contributed by atoms with van der Waals surface area (Å²) in [6, 6.07) is 14.2. The van der Waals surface area contributed by atoms with E-state index in [2.05, 4.69) is 15.4 Å². The summed E-state index contributed by atoms with van der Waals surface area (Å²) < 4.78 is 39.0. The van der Waals surface area contributed by atoms with Gasteiger partial charge in [-0.2, -0.15) is 9.61 Å². The van der Waals surface area contributed by atoms with E-state index in [4.69, 9.17) is 11.6 Å². The van der Waals surface area contributed by atoms with Crippen LogP contribution in [0.25, 0.3) is 16.9 Å². The highest BCUT2D eigenvalue weighted by atomic mass is 35.5. The SMILES string of the molecule is CS(=O)(=O)c1ccc(Nc2cc(-c3ccccc3F)nc3c(Cl)cnn23)cc1. The molecular formula is C19H14ClFN4O2S. The first-order valence-corrected chi connectivity index (χ1v) is 10.5. The predicted molar refractivity (Wildman–Crippen MR) is 106 cm³/mol. The molecule has 4 aromatic rings. The maximum atomic E-state index is 14.2. The van der Waals surface area contributed by atoms with Gasteiger partial charge in [0.25, 0.3) is 0 Å². The van der Waals surface area contributed by atoms with Crippen molar-refractivity contribution in [2.75, 3.05) is 11.6 Å². The number of sulfone groups is 1. The van der Waals surface area contributed by atoms with Gasteiger partial charge in [-0.3, -0.25) is 0 Å². The van der Waals surface area contributed by atoms with Crippen LogP contribution in [0.3, 0.4) is 0 Å². The lowest BCUT2D eigenvalue weighted by molar-refractivity contribution is 0.602. The molecule has 0 atom stereocenters. The molecule has 0 aliphatic rings. The summed E-state index contributed by atoms with van der Waals surface area (Å²) in [6.45, 7) is 0. The second-order valence-electron chi connectivity index (χ2n) is 6.16. The van der Waals surface area contributed by atoms with Crippen LogP contribution >= 0.6 is 11.6 Å². The maximum Gasteiger partial charge on any atom is 0.176 e. The zero-order valence-corrected chi connectivity index (χ0v) is 16.2. The van der Waals surface area contributed by atoms with Crippen LogP contribution in [0.5, 0.6) is 0 Å². The summed E-state index contributed by atoms with van der Waals surface area (Å²) in [5.74, 6) is 0.0979. The van der Waals surface area contributed by atoms with Crippen LogP contribution in [-0.4, -0.2) is 29.3 Å². The van der Waals surface area contributed by atoms with Crippen molar-refractivity contribution in [1.29, 1.82) is 0 Å². The highest BCUT2D eigenvalue weighted by Crippen LogP contribution is 2.29. The standard InChI is InChI=1S/C19H14ClFN4O2S/c1-28(26,27)13-8-6-12(7-9-13)23-18-10-17(14-4-2-3-5-16(14)21)24-19-15(20)11-22-25(18)19/h2-11,23H,1H3. The Balaban J connectivity index is 1.81. The van der Waals surface area contributed by atoms with Crippen molar-refractivity contribution in [3.63, 3.8) is 0 Å². The first kappa shape index (κ1) is 18.4. The molecular weight excluding hydrogens is 403 g/mol. The fourth-order valence-electron chi connectivity index (χ4n) is 2.77. The third-order valence-electron chi connectivity index (χ3n) is 4.13. The number of hydrogen-bond donors (Lipinski definition) is 1. The van der Waals surface area contributed by atoms with Gasteiger partial charge in [-0.05, 0) is 36.4 Å². The van der Waals surface area contributed by atoms with Crippen LogP contribution in [0.15, 0.2) is 65.7 Å². The number of fused-ring (bicyclic) bond motifs is 1. The molecule has 0 bridgehead atoms. The highest BCUT2D eigenvalue weighted by molar-refractivity contribution is 7.90. The Morgan fingerprint density at radius 2 is 1.82 bits per heavy atom. The van der Waals surface area contributed by atoms with Gasteiger partial charge in [0.2, 0.25) is 0 Å². The summed E-state index contributed by atoms with van der Waals surface area (Å²) in [5.41, 5.74) is 1.73. The minimum absolute atomic E-state index is 0.215. The highest BCUT2D eigenvalue weighted by Gasteiger charge is 2.14. The number of anilines is 2. The van der Waals surface area contributed by atoms with Gasteiger partial charge in [0.1, 0.15) is 16.7 Å². The topological polar surface area (TPSA) is 76.4 Å². The molecule has 0 radical (unpaired) electrons. The molecule has 142 valence electrons. The number of hydrogen-bond acceptors (Lipinski definition) is 5. The Morgan fingerprint density at radius 3 is 2.50 bits per heavy atom. The van der Waals surface area contributed by atoms with Gasteiger partial charge < -0.3 is 5.32 Å². The smallest absolute Gasteiger partial charge is 0.176 e. The first-order valence-electron chi connectivity index (χ1n) is 8.19. The third kappa shape index (κ3) is 3.44. The molecule has 6 nitrogen and oxygen atoms in total. The van der Waals surface area contributed by atoms with Crippen molar-refractivity contribution >= 4 is 38.6 Å². The Bertz CT molecular complexity index is 1290. The van der Waals surface area contributed by atoms with Crippen molar-refractivity contribution in [1.82, 2.24) is 14.6 Å². The molecule has 28 heavy (non-hydrogen) atoms. The lowest BCUT2D eigenvalue weighted by Gasteiger charge is -2.11. The average molecular weight is 417 g/mol. The number of nitrogens with zero attached hydrogens (tertiary/aromatic N) is 3. The van der Waals surface area contributed by atoms with Crippen molar-refractivity contribution in [2.45, 2.75) is 4.90 Å². The van der Waals surface area contributed by atoms with E-state index in [9.17, 15) is 12.8 Å². The molecule has 2 aromatic heterocycles. The van der Waals surface area contributed by atoms with Crippen molar-refractivity contribution in [3.05, 3.63) is 71.6 Å². The monoisotopic (exact) mass is 416 g/mol. The molecule has 0 unspecified atom stereocenters. The van der Waals surface area contributed by atoms with E-state index in [-0.39, 0.29) is 4.90 Å². The van der Waals surface area contributed by atoms with E-state index in [1.807, 2.05) is 0 Å². The van der Waals surface area contributed by atoms with Crippen LogP contribution < -0.4 is 5.32 Å². The van der Waals surface area contributed by atoms with Crippen molar-refractivity contribution < 1.29 is 12.8 Å². The number of halogens is 2. The quantitative estimate of drug-likeness (QED) is 0.535. The van der Waals surface area contributed by atoms with Gasteiger partial charge in [-0.25, -0.2) is 17.8 Å². The summed E-state index contributed by atoms with van der Waals surface area (Å²) >= 11 is 6.18. The summed E-state index contributed by atoms with van der Waals surface area (Å²) in [5, 5.41) is 7.68. The lowest BCUT2D eigenvalue weighted by Crippen LogP contribution is -2.03. The average Bonchev–Trinajstić information content (AvgIpc) is 3.03. The molecule has 9 heteroatoms. The van der Waals surface area contributed by atoms with E-state index in [1.54, 1.807) is 36.4 Å². The molecule has 1 N–H and O–H groups in total. The van der Waals surface area contributed by atoms with Gasteiger partial charge >= 0.3 is 0 Å². The molecule has 4 rings (SSSR count). The lowest BCUT2D eigenvalue weighted by atomic mass is 10.1. The summed E-state index contributed by atoms with van der Waals surface area (Å²) in [6.07, 6.45) is 2.60. The summed E-state index contributed by atoms with van der Waals surface area (Å²) in [4.78, 5) is 4.64. The largest absolute Gasteiger partial charge is 0.340 e. The van der Waals surface area contributed by atoms with Crippen LogP contribution in [0, 0.1) is 5.82 Å². The molecule has 0 aliphatic heterocycles. The van der Waals surface area contributed by atoms with E-state index in [0.717, 1.165) is 6.26 Å². The normalized spacial score (nSPS) is 11.7. The van der Waals surface area contributed by atoms with Gasteiger partial charge in [0.05, 0.1) is 16.8 Å². The predicted octanol–water partition coefficient (Wildman–Crippen LogP) is 4.34. The maximum absolute atomic E-state index is 14.2. The second kappa shape index (κ2) is 6.88. The summed E-state index contributed by atoms with van der Waals surface area (Å²) in [7, 11) is -3.29. The number of aromatic nitrogens is 3. The van der Waals surface area contributed by atoms with E-state index < -0.39 is 15.7 Å². The molecule has 0 saturated heterocycles. The molecule has 0 aliphatic carbocycles. The van der Waals surface area contributed by atoms with Crippen molar-refractivity contribution in [2.24, 2.45) is 0 Å². The van der Waals surface area contributed by atoms with Gasteiger partial charge in [-0.1, -0.05) is 23.7 Å². The second-order valence-corrected chi connectivity index (χ2v) is 8.58. The molecule has 2 heterocycles. The minimum atomic E-state index is -3.29. The van der Waals surface area contributed by atoms with Crippen LogP contribution in [0.1, 0.15) is 0 Å². The first-order chi connectivity index (χ1) is 13.3. The minimum Gasteiger partial charge on any atom is -0.340 e.